The molecule has 1 amide bonds. The van der Waals surface area contributed by atoms with Gasteiger partial charge < -0.3 is 10.6 Å². The Balaban J connectivity index is 2.88. The number of nitrogens with zero attached hydrogens (tertiary/aromatic N) is 2. The number of nitrogens with one attached hydrogen (secondary N) is 2. The Labute approximate surface area is 108 Å². The summed E-state index contributed by atoms with van der Waals surface area (Å²) < 4.78 is 0. The zero-order valence-electron chi connectivity index (χ0n) is 11.8. The lowest BCUT2D eigenvalue weighted by molar-refractivity contribution is 0.0914. The molecule has 18 heavy (non-hydrogen) atoms. The van der Waals surface area contributed by atoms with Gasteiger partial charge in [-0.05, 0) is 40.2 Å². The topological polar surface area (TPSA) is 66.9 Å². The van der Waals surface area contributed by atoms with Gasteiger partial charge in [0.2, 0.25) is 5.95 Å². The van der Waals surface area contributed by atoms with Crippen LogP contribution in [0.1, 0.15) is 50.3 Å². The van der Waals surface area contributed by atoms with E-state index in [0.717, 1.165) is 18.7 Å². The number of carbonyl (C=O) groups excluding carboxylic acids is 1. The molecule has 0 spiro atoms. The van der Waals surface area contributed by atoms with Crippen molar-refractivity contribution in [2.24, 2.45) is 0 Å². The van der Waals surface area contributed by atoms with Crippen LogP contribution in [0, 0.1) is 6.92 Å². The average molecular weight is 250 g/mol. The van der Waals surface area contributed by atoms with Crippen molar-refractivity contribution in [2.45, 2.75) is 46.6 Å². The molecule has 0 bridgehead atoms. The normalized spacial score (nSPS) is 11.2. The van der Waals surface area contributed by atoms with Crippen LogP contribution in [0.2, 0.25) is 0 Å². The first-order valence-corrected chi connectivity index (χ1v) is 6.24. The van der Waals surface area contributed by atoms with Gasteiger partial charge in [-0.3, -0.25) is 4.79 Å². The van der Waals surface area contributed by atoms with E-state index in [-0.39, 0.29) is 11.4 Å². The van der Waals surface area contributed by atoms with Crippen LogP contribution in [-0.2, 0) is 0 Å². The van der Waals surface area contributed by atoms with Crippen LogP contribution in [0.5, 0.6) is 0 Å². The minimum atomic E-state index is -0.271. The average Bonchev–Trinajstić information content (AvgIpc) is 2.23. The highest BCUT2D eigenvalue weighted by atomic mass is 16.2. The SMILES string of the molecule is CCCNc1nc(C)cc(C(=O)NC(C)(C)C)n1. The Bertz CT molecular complexity index is 423. The van der Waals surface area contributed by atoms with Crippen molar-refractivity contribution in [3.05, 3.63) is 17.5 Å². The van der Waals surface area contributed by atoms with Crippen molar-refractivity contribution < 1.29 is 4.79 Å². The summed E-state index contributed by atoms with van der Waals surface area (Å²) in [5.74, 6) is 0.337. The lowest BCUT2D eigenvalue weighted by Crippen LogP contribution is -2.41. The number of hydrogen-bond donors (Lipinski definition) is 2. The van der Waals surface area contributed by atoms with E-state index in [1.165, 1.54) is 0 Å². The van der Waals surface area contributed by atoms with Crippen LogP contribution >= 0.6 is 0 Å². The third-order valence-corrected chi connectivity index (χ3v) is 2.11. The first-order chi connectivity index (χ1) is 8.31. The highest BCUT2D eigenvalue weighted by Crippen LogP contribution is 2.07. The second kappa shape index (κ2) is 5.80. The highest BCUT2D eigenvalue weighted by molar-refractivity contribution is 5.93. The van der Waals surface area contributed by atoms with Crippen molar-refractivity contribution in [2.75, 3.05) is 11.9 Å². The predicted molar refractivity (Wildman–Crippen MR) is 72.8 cm³/mol. The number of rotatable bonds is 4. The van der Waals surface area contributed by atoms with E-state index in [9.17, 15) is 4.79 Å². The van der Waals surface area contributed by atoms with E-state index in [2.05, 4.69) is 27.5 Å². The first kappa shape index (κ1) is 14.4. The van der Waals surface area contributed by atoms with E-state index in [1.54, 1.807) is 6.07 Å². The number of aromatic nitrogens is 2. The van der Waals surface area contributed by atoms with Crippen molar-refractivity contribution in [1.29, 1.82) is 0 Å². The van der Waals surface area contributed by atoms with Crippen molar-refractivity contribution in [1.82, 2.24) is 15.3 Å². The first-order valence-electron chi connectivity index (χ1n) is 6.24. The predicted octanol–water partition coefficient (Wildman–Crippen LogP) is 2.14. The number of hydrogen-bond acceptors (Lipinski definition) is 4. The summed E-state index contributed by atoms with van der Waals surface area (Å²) in [5, 5.41) is 5.98. The summed E-state index contributed by atoms with van der Waals surface area (Å²) in [5.41, 5.74) is 0.908. The molecule has 0 saturated heterocycles. The molecule has 1 rings (SSSR count). The van der Waals surface area contributed by atoms with Gasteiger partial charge in [-0.2, -0.15) is 0 Å². The molecule has 0 atom stereocenters. The Morgan fingerprint density at radius 3 is 2.56 bits per heavy atom. The minimum absolute atomic E-state index is 0.174. The monoisotopic (exact) mass is 250 g/mol. The molecule has 1 aromatic rings. The van der Waals surface area contributed by atoms with Gasteiger partial charge in [0.1, 0.15) is 5.69 Å². The Hall–Kier alpha value is -1.65. The maximum atomic E-state index is 12.0. The lowest BCUT2D eigenvalue weighted by atomic mass is 10.1. The van der Waals surface area contributed by atoms with E-state index < -0.39 is 0 Å². The molecule has 1 aromatic heterocycles. The molecule has 0 radical (unpaired) electrons. The Morgan fingerprint density at radius 2 is 2.00 bits per heavy atom. The summed E-state index contributed by atoms with van der Waals surface area (Å²) in [7, 11) is 0. The molecule has 100 valence electrons. The molecule has 0 aliphatic carbocycles. The summed E-state index contributed by atoms with van der Waals surface area (Å²) in [6, 6.07) is 1.69. The van der Waals surface area contributed by atoms with Crippen LogP contribution < -0.4 is 10.6 Å². The van der Waals surface area contributed by atoms with Crippen LogP contribution in [-0.4, -0.2) is 28.0 Å². The zero-order chi connectivity index (χ0) is 13.8. The number of carbonyl (C=O) groups is 1. The van der Waals surface area contributed by atoms with Crippen LogP contribution in [0.25, 0.3) is 0 Å². The second-order valence-electron chi connectivity index (χ2n) is 5.35. The minimum Gasteiger partial charge on any atom is -0.354 e. The number of aryl methyl sites for hydroxylation is 1. The largest absolute Gasteiger partial charge is 0.354 e. The summed E-state index contributed by atoms with van der Waals surface area (Å²) in [4.78, 5) is 20.5. The van der Waals surface area contributed by atoms with Gasteiger partial charge in [0, 0.05) is 17.8 Å². The van der Waals surface area contributed by atoms with E-state index in [4.69, 9.17) is 0 Å². The van der Waals surface area contributed by atoms with Gasteiger partial charge in [0.25, 0.3) is 5.91 Å². The molecule has 0 unspecified atom stereocenters. The Morgan fingerprint density at radius 1 is 1.33 bits per heavy atom. The van der Waals surface area contributed by atoms with Crippen LogP contribution in [0.4, 0.5) is 5.95 Å². The fourth-order valence-corrected chi connectivity index (χ4v) is 1.41. The standard InChI is InChI=1S/C13H22N4O/c1-6-7-14-12-15-9(2)8-10(16-12)11(18)17-13(3,4)5/h8H,6-7H2,1-5H3,(H,17,18)(H,14,15,16). The van der Waals surface area contributed by atoms with E-state index in [0.29, 0.717) is 11.6 Å². The number of amides is 1. The van der Waals surface area contributed by atoms with Gasteiger partial charge in [-0.1, -0.05) is 6.92 Å². The maximum Gasteiger partial charge on any atom is 0.270 e. The van der Waals surface area contributed by atoms with E-state index in [1.807, 2.05) is 27.7 Å². The molecule has 2 N–H and O–H groups in total. The Kier molecular flexibility index (Phi) is 4.64. The van der Waals surface area contributed by atoms with Crippen molar-refractivity contribution in [3.63, 3.8) is 0 Å². The molecule has 0 fully saturated rings. The molecular weight excluding hydrogens is 228 g/mol. The van der Waals surface area contributed by atoms with Gasteiger partial charge in [0.15, 0.2) is 0 Å². The van der Waals surface area contributed by atoms with E-state index >= 15 is 0 Å². The van der Waals surface area contributed by atoms with Gasteiger partial charge in [-0.15, -0.1) is 0 Å². The van der Waals surface area contributed by atoms with Crippen molar-refractivity contribution in [3.8, 4) is 0 Å². The molecule has 0 aliphatic heterocycles. The molecular formula is C13H22N4O. The maximum absolute atomic E-state index is 12.0. The molecule has 5 nitrogen and oxygen atoms in total. The van der Waals surface area contributed by atoms with Gasteiger partial charge in [-0.25, -0.2) is 9.97 Å². The van der Waals surface area contributed by atoms with Crippen molar-refractivity contribution >= 4 is 11.9 Å². The quantitative estimate of drug-likeness (QED) is 0.859. The summed E-state index contributed by atoms with van der Waals surface area (Å²) in [6.07, 6.45) is 0.987. The molecule has 0 aliphatic rings. The lowest BCUT2D eigenvalue weighted by Gasteiger charge is -2.20. The smallest absolute Gasteiger partial charge is 0.270 e. The fourth-order valence-electron chi connectivity index (χ4n) is 1.41. The second-order valence-corrected chi connectivity index (χ2v) is 5.35. The molecule has 1 heterocycles. The molecule has 0 saturated carbocycles. The molecule has 5 heteroatoms. The van der Waals surface area contributed by atoms with Crippen LogP contribution in [0.3, 0.4) is 0 Å². The van der Waals surface area contributed by atoms with Crippen LogP contribution in [0.15, 0.2) is 6.07 Å². The van der Waals surface area contributed by atoms with Gasteiger partial charge in [0.05, 0.1) is 0 Å². The summed E-state index contributed by atoms with van der Waals surface area (Å²) in [6.45, 7) is 10.5. The third-order valence-electron chi connectivity index (χ3n) is 2.11. The zero-order valence-corrected chi connectivity index (χ0v) is 11.8. The third kappa shape index (κ3) is 4.69. The fraction of sp³-hybridized carbons (Fsp3) is 0.615. The highest BCUT2D eigenvalue weighted by Gasteiger charge is 2.17. The van der Waals surface area contributed by atoms with Gasteiger partial charge >= 0.3 is 0 Å². The molecule has 0 aromatic carbocycles. The summed E-state index contributed by atoms with van der Waals surface area (Å²) >= 11 is 0. The number of anilines is 1.